The number of ether oxygens (including phenoxy) is 2. The largest absolute Gasteiger partial charge is 0.454 e. The molecule has 0 aliphatic carbocycles. The Bertz CT molecular complexity index is 550. The number of hydrogen-bond donors (Lipinski definition) is 2. The molecule has 6 heteroatoms. The van der Waals surface area contributed by atoms with Crippen molar-refractivity contribution >= 4 is 23.2 Å². The molecule has 1 aliphatic heterocycles. The van der Waals surface area contributed by atoms with E-state index < -0.39 is 11.0 Å². The zero-order valence-electron chi connectivity index (χ0n) is 12.0. The number of benzene rings is 1. The SMILES string of the molecule is CC(C)(N)C(C)(C)C(=O)Nc1cc2c(cc1Cl)OCO2. The molecule has 1 aromatic carbocycles. The molecule has 0 saturated heterocycles. The van der Waals surface area contributed by atoms with Crippen LogP contribution >= 0.6 is 11.6 Å². The summed E-state index contributed by atoms with van der Waals surface area (Å²) in [7, 11) is 0. The Morgan fingerprint density at radius 1 is 1.25 bits per heavy atom. The monoisotopic (exact) mass is 298 g/mol. The lowest BCUT2D eigenvalue weighted by molar-refractivity contribution is -0.126. The summed E-state index contributed by atoms with van der Waals surface area (Å²) in [5.41, 5.74) is 5.12. The Balaban J connectivity index is 2.25. The van der Waals surface area contributed by atoms with Crippen molar-refractivity contribution in [3.8, 4) is 11.5 Å². The van der Waals surface area contributed by atoms with E-state index in [0.717, 1.165) is 0 Å². The normalized spacial score (nSPS) is 14.3. The van der Waals surface area contributed by atoms with Crippen LogP contribution in [0.1, 0.15) is 27.7 Å². The Labute approximate surface area is 123 Å². The summed E-state index contributed by atoms with van der Waals surface area (Å²) in [4.78, 5) is 12.4. The second-order valence-electron chi connectivity index (χ2n) is 5.99. The van der Waals surface area contributed by atoms with Crippen LogP contribution in [0.5, 0.6) is 11.5 Å². The molecule has 0 atom stereocenters. The molecular weight excluding hydrogens is 280 g/mol. The van der Waals surface area contributed by atoms with E-state index in [4.69, 9.17) is 26.8 Å². The van der Waals surface area contributed by atoms with Crippen LogP contribution in [0.25, 0.3) is 0 Å². The van der Waals surface area contributed by atoms with Crippen molar-refractivity contribution in [3.05, 3.63) is 17.2 Å². The summed E-state index contributed by atoms with van der Waals surface area (Å²) in [6.45, 7) is 7.37. The highest BCUT2D eigenvalue weighted by molar-refractivity contribution is 6.34. The number of fused-ring (bicyclic) bond motifs is 1. The van der Waals surface area contributed by atoms with Crippen molar-refractivity contribution in [2.24, 2.45) is 11.1 Å². The average molecular weight is 299 g/mol. The van der Waals surface area contributed by atoms with Crippen molar-refractivity contribution < 1.29 is 14.3 Å². The molecule has 0 saturated carbocycles. The third-order valence-electron chi connectivity index (χ3n) is 3.89. The molecule has 1 heterocycles. The molecule has 0 bridgehead atoms. The van der Waals surface area contributed by atoms with E-state index in [-0.39, 0.29) is 12.7 Å². The molecule has 20 heavy (non-hydrogen) atoms. The maximum absolute atomic E-state index is 12.4. The number of nitrogens with two attached hydrogens (primary N) is 1. The van der Waals surface area contributed by atoms with Gasteiger partial charge in [0, 0.05) is 17.7 Å². The predicted octanol–water partition coefficient (Wildman–Crippen LogP) is 2.77. The average Bonchev–Trinajstić information content (AvgIpc) is 2.74. The summed E-state index contributed by atoms with van der Waals surface area (Å²) in [5, 5.41) is 3.20. The minimum atomic E-state index is -0.757. The fourth-order valence-electron chi connectivity index (χ4n) is 1.58. The molecular formula is C14H19ClN2O3. The quantitative estimate of drug-likeness (QED) is 0.900. The molecule has 0 radical (unpaired) electrons. The first-order chi connectivity index (χ1) is 9.13. The summed E-state index contributed by atoms with van der Waals surface area (Å²) in [5.74, 6) is 0.937. The Hall–Kier alpha value is -1.46. The van der Waals surface area contributed by atoms with Gasteiger partial charge in [0.15, 0.2) is 11.5 Å². The van der Waals surface area contributed by atoms with Crippen LogP contribution in [0.15, 0.2) is 12.1 Å². The van der Waals surface area contributed by atoms with Crippen molar-refractivity contribution in [2.45, 2.75) is 33.2 Å². The second-order valence-corrected chi connectivity index (χ2v) is 6.39. The van der Waals surface area contributed by atoms with Gasteiger partial charge in [0.1, 0.15) is 0 Å². The highest BCUT2D eigenvalue weighted by atomic mass is 35.5. The zero-order chi connectivity index (χ0) is 15.1. The lowest BCUT2D eigenvalue weighted by atomic mass is 9.74. The van der Waals surface area contributed by atoms with E-state index in [0.29, 0.717) is 22.2 Å². The Morgan fingerprint density at radius 2 is 1.80 bits per heavy atom. The van der Waals surface area contributed by atoms with Gasteiger partial charge >= 0.3 is 0 Å². The number of halogens is 1. The molecule has 1 aliphatic rings. The topological polar surface area (TPSA) is 73.6 Å². The van der Waals surface area contributed by atoms with Gasteiger partial charge in [-0.3, -0.25) is 4.79 Å². The molecule has 0 unspecified atom stereocenters. The number of carbonyl (C=O) groups excluding carboxylic acids is 1. The smallest absolute Gasteiger partial charge is 0.231 e. The van der Waals surface area contributed by atoms with Crippen molar-refractivity contribution in [2.75, 3.05) is 12.1 Å². The van der Waals surface area contributed by atoms with Crippen molar-refractivity contribution in [1.29, 1.82) is 0 Å². The van der Waals surface area contributed by atoms with Gasteiger partial charge in [0.05, 0.1) is 16.1 Å². The first-order valence-electron chi connectivity index (χ1n) is 6.32. The predicted molar refractivity (Wildman–Crippen MR) is 78.3 cm³/mol. The van der Waals surface area contributed by atoms with E-state index in [2.05, 4.69) is 5.32 Å². The van der Waals surface area contributed by atoms with E-state index in [1.807, 2.05) is 13.8 Å². The highest BCUT2D eigenvalue weighted by Gasteiger charge is 2.40. The lowest BCUT2D eigenvalue weighted by Gasteiger charge is -2.36. The van der Waals surface area contributed by atoms with Gasteiger partial charge in [-0.2, -0.15) is 0 Å². The zero-order valence-corrected chi connectivity index (χ0v) is 12.8. The molecule has 0 spiro atoms. The van der Waals surface area contributed by atoms with Crippen molar-refractivity contribution in [3.63, 3.8) is 0 Å². The molecule has 110 valence electrons. The van der Waals surface area contributed by atoms with E-state index in [1.165, 1.54) is 0 Å². The van der Waals surface area contributed by atoms with E-state index in [1.54, 1.807) is 26.0 Å². The summed E-state index contributed by atoms with van der Waals surface area (Å²) in [6.07, 6.45) is 0. The van der Waals surface area contributed by atoms with Gasteiger partial charge in [0.2, 0.25) is 12.7 Å². The van der Waals surface area contributed by atoms with E-state index in [9.17, 15) is 4.79 Å². The van der Waals surface area contributed by atoms with Gasteiger partial charge in [-0.05, 0) is 27.7 Å². The highest BCUT2D eigenvalue weighted by Crippen LogP contribution is 2.40. The molecule has 1 aromatic rings. The summed E-state index contributed by atoms with van der Waals surface area (Å²) >= 11 is 6.13. The van der Waals surface area contributed by atoms with Gasteiger partial charge in [-0.1, -0.05) is 11.6 Å². The number of hydrogen-bond acceptors (Lipinski definition) is 4. The van der Waals surface area contributed by atoms with Crippen LogP contribution in [-0.4, -0.2) is 18.2 Å². The fourth-order valence-corrected chi connectivity index (χ4v) is 1.79. The van der Waals surface area contributed by atoms with Gasteiger partial charge in [0.25, 0.3) is 0 Å². The first-order valence-corrected chi connectivity index (χ1v) is 6.70. The minimum absolute atomic E-state index is 0.157. The maximum Gasteiger partial charge on any atom is 0.231 e. The van der Waals surface area contributed by atoms with E-state index >= 15 is 0 Å². The summed E-state index contributed by atoms with van der Waals surface area (Å²) in [6, 6.07) is 3.28. The van der Waals surface area contributed by atoms with Crippen LogP contribution < -0.4 is 20.5 Å². The third-order valence-corrected chi connectivity index (χ3v) is 4.20. The molecule has 1 amide bonds. The standard InChI is InChI=1S/C14H19ClN2O3/c1-13(2,14(3,4)16)12(18)17-9-6-11-10(5-8(9)15)19-7-20-11/h5-6H,7,16H2,1-4H3,(H,17,18). The minimum Gasteiger partial charge on any atom is -0.454 e. The van der Waals surface area contributed by atoms with Crippen LogP contribution in [-0.2, 0) is 4.79 Å². The van der Waals surface area contributed by atoms with Crippen LogP contribution in [0.3, 0.4) is 0 Å². The first kappa shape index (κ1) is 14.9. The lowest BCUT2D eigenvalue weighted by Crippen LogP contribution is -2.53. The molecule has 0 aromatic heterocycles. The molecule has 2 rings (SSSR count). The number of carbonyl (C=O) groups is 1. The number of anilines is 1. The summed E-state index contributed by atoms with van der Waals surface area (Å²) < 4.78 is 10.5. The molecule has 3 N–H and O–H groups in total. The Kier molecular flexibility index (Phi) is 3.60. The van der Waals surface area contributed by atoms with Gasteiger partial charge in [-0.25, -0.2) is 0 Å². The number of nitrogens with one attached hydrogen (secondary N) is 1. The fraction of sp³-hybridized carbons (Fsp3) is 0.500. The van der Waals surface area contributed by atoms with Gasteiger partial charge < -0.3 is 20.5 Å². The molecule has 5 nitrogen and oxygen atoms in total. The second kappa shape index (κ2) is 4.82. The van der Waals surface area contributed by atoms with Crippen molar-refractivity contribution in [1.82, 2.24) is 0 Å². The van der Waals surface area contributed by atoms with Crippen LogP contribution in [0.2, 0.25) is 5.02 Å². The van der Waals surface area contributed by atoms with Crippen LogP contribution in [0, 0.1) is 5.41 Å². The Morgan fingerprint density at radius 3 is 2.35 bits per heavy atom. The van der Waals surface area contributed by atoms with Crippen LogP contribution in [0.4, 0.5) is 5.69 Å². The van der Waals surface area contributed by atoms with Gasteiger partial charge in [-0.15, -0.1) is 0 Å². The molecule has 0 fully saturated rings. The number of rotatable bonds is 3. The maximum atomic E-state index is 12.4. The number of amides is 1. The third kappa shape index (κ3) is 2.55.